The molecular formula is C12H18O3. The topological polar surface area (TPSA) is 35.5 Å². The third-order valence-corrected chi connectivity index (χ3v) is 3.34. The molecule has 1 saturated carbocycles. The maximum absolute atomic E-state index is 11.1. The Labute approximate surface area is 90.4 Å². The van der Waals surface area contributed by atoms with Gasteiger partial charge in [-0.25, -0.2) is 4.79 Å². The van der Waals surface area contributed by atoms with Crippen LogP contribution in [0.2, 0.25) is 0 Å². The summed E-state index contributed by atoms with van der Waals surface area (Å²) in [7, 11) is 1.60. The molecule has 0 radical (unpaired) electrons. The Morgan fingerprint density at radius 3 is 2.80 bits per heavy atom. The van der Waals surface area contributed by atoms with Crippen molar-refractivity contribution in [3.05, 3.63) is 11.8 Å². The number of hydrogen-bond acceptors (Lipinski definition) is 3. The quantitative estimate of drug-likeness (QED) is 0.671. The number of carbonyl (C=O) groups excluding carboxylic acids is 1. The van der Waals surface area contributed by atoms with Gasteiger partial charge in [-0.2, -0.15) is 0 Å². The molecule has 2 rings (SSSR count). The van der Waals surface area contributed by atoms with Crippen LogP contribution < -0.4 is 0 Å². The first kappa shape index (κ1) is 10.5. The third-order valence-electron chi connectivity index (χ3n) is 3.34. The van der Waals surface area contributed by atoms with Gasteiger partial charge >= 0.3 is 5.97 Å². The summed E-state index contributed by atoms with van der Waals surface area (Å²) in [6, 6.07) is 0. The summed E-state index contributed by atoms with van der Waals surface area (Å²) in [4.78, 5) is 11.1. The molecular weight excluding hydrogens is 192 g/mol. The van der Waals surface area contributed by atoms with E-state index in [-0.39, 0.29) is 12.1 Å². The summed E-state index contributed by atoms with van der Waals surface area (Å²) in [6.45, 7) is 0. The van der Waals surface area contributed by atoms with Crippen molar-refractivity contribution in [1.82, 2.24) is 0 Å². The van der Waals surface area contributed by atoms with Crippen LogP contribution in [0.1, 0.15) is 38.5 Å². The Kier molecular flexibility index (Phi) is 3.29. The molecule has 2 aliphatic rings. The lowest BCUT2D eigenvalue weighted by Gasteiger charge is -2.24. The van der Waals surface area contributed by atoms with E-state index in [1.807, 2.05) is 0 Å². The second kappa shape index (κ2) is 4.69. The van der Waals surface area contributed by atoms with Gasteiger partial charge in [0.05, 0.1) is 13.2 Å². The van der Waals surface area contributed by atoms with E-state index in [0.717, 1.165) is 6.42 Å². The predicted molar refractivity (Wildman–Crippen MR) is 56.2 cm³/mol. The van der Waals surface area contributed by atoms with Gasteiger partial charge in [-0.1, -0.05) is 32.1 Å². The monoisotopic (exact) mass is 210 g/mol. The minimum absolute atomic E-state index is 0.120. The van der Waals surface area contributed by atoms with E-state index in [0.29, 0.717) is 11.7 Å². The number of rotatable bonds is 3. The van der Waals surface area contributed by atoms with E-state index in [1.165, 1.54) is 38.2 Å². The van der Waals surface area contributed by atoms with Crippen molar-refractivity contribution in [2.75, 3.05) is 7.11 Å². The maximum Gasteiger partial charge on any atom is 0.335 e. The summed E-state index contributed by atoms with van der Waals surface area (Å²) in [5.74, 6) is 1.14. The molecule has 1 heterocycles. The molecule has 1 aliphatic heterocycles. The van der Waals surface area contributed by atoms with Gasteiger partial charge in [0.1, 0.15) is 5.76 Å². The Bertz CT molecular complexity index is 264. The molecule has 0 aromatic heterocycles. The van der Waals surface area contributed by atoms with Gasteiger partial charge in [-0.15, -0.1) is 0 Å². The molecule has 0 amide bonds. The Morgan fingerprint density at radius 1 is 1.40 bits per heavy atom. The fraction of sp³-hybridized carbons (Fsp3) is 0.750. The van der Waals surface area contributed by atoms with Crippen molar-refractivity contribution >= 4 is 5.97 Å². The van der Waals surface area contributed by atoms with Crippen LogP contribution >= 0.6 is 0 Å². The van der Waals surface area contributed by atoms with Gasteiger partial charge in [-0.05, 0) is 12.3 Å². The van der Waals surface area contributed by atoms with Gasteiger partial charge in [0, 0.05) is 0 Å². The van der Waals surface area contributed by atoms with Crippen molar-refractivity contribution in [1.29, 1.82) is 0 Å². The Hall–Kier alpha value is -0.990. The van der Waals surface area contributed by atoms with Crippen molar-refractivity contribution < 1.29 is 14.3 Å². The van der Waals surface area contributed by atoms with Crippen molar-refractivity contribution in [3.8, 4) is 0 Å². The number of ether oxygens (including phenoxy) is 2. The number of carbonyl (C=O) groups is 1. The second-order valence-electron chi connectivity index (χ2n) is 4.42. The third kappa shape index (κ3) is 2.52. The molecule has 0 spiro atoms. The van der Waals surface area contributed by atoms with Gasteiger partial charge < -0.3 is 9.47 Å². The van der Waals surface area contributed by atoms with Crippen LogP contribution in [0.25, 0.3) is 0 Å². The van der Waals surface area contributed by atoms with Crippen LogP contribution in [0.3, 0.4) is 0 Å². The fourth-order valence-electron chi connectivity index (χ4n) is 2.52. The zero-order valence-electron chi connectivity index (χ0n) is 9.20. The molecule has 1 atom stereocenters. The molecule has 0 saturated heterocycles. The van der Waals surface area contributed by atoms with Crippen LogP contribution in [-0.4, -0.2) is 19.2 Å². The van der Waals surface area contributed by atoms with E-state index < -0.39 is 0 Å². The van der Waals surface area contributed by atoms with Gasteiger partial charge in [0.2, 0.25) is 0 Å². The summed E-state index contributed by atoms with van der Waals surface area (Å²) in [5.41, 5.74) is 0. The first-order valence-electron chi connectivity index (χ1n) is 5.76. The molecule has 15 heavy (non-hydrogen) atoms. The van der Waals surface area contributed by atoms with Gasteiger partial charge in [0.15, 0.2) is 6.10 Å². The SMILES string of the molecule is COC1=CC(=O)OC1CC1CCCCC1. The molecule has 0 N–H and O–H groups in total. The molecule has 3 heteroatoms. The Balaban J connectivity index is 1.88. The highest BCUT2D eigenvalue weighted by Gasteiger charge is 2.30. The Morgan fingerprint density at radius 2 is 2.13 bits per heavy atom. The molecule has 0 bridgehead atoms. The van der Waals surface area contributed by atoms with Crippen LogP contribution in [0, 0.1) is 5.92 Å². The van der Waals surface area contributed by atoms with Crippen LogP contribution in [-0.2, 0) is 14.3 Å². The van der Waals surface area contributed by atoms with Crippen molar-refractivity contribution in [3.63, 3.8) is 0 Å². The molecule has 1 unspecified atom stereocenters. The molecule has 1 aliphatic carbocycles. The number of hydrogen-bond donors (Lipinski definition) is 0. The smallest absolute Gasteiger partial charge is 0.335 e. The zero-order valence-corrected chi connectivity index (χ0v) is 9.20. The average Bonchev–Trinajstić information content (AvgIpc) is 2.60. The lowest BCUT2D eigenvalue weighted by Crippen LogP contribution is -2.19. The molecule has 84 valence electrons. The normalized spacial score (nSPS) is 27.4. The summed E-state index contributed by atoms with van der Waals surface area (Å²) < 4.78 is 10.4. The van der Waals surface area contributed by atoms with E-state index in [4.69, 9.17) is 9.47 Å². The molecule has 1 fully saturated rings. The molecule has 3 nitrogen and oxygen atoms in total. The predicted octanol–water partition coefficient (Wildman–Crippen LogP) is 2.41. The van der Waals surface area contributed by atoms with Crippen LogP contribution in [0.5, 0.6) is 0 Å². The first-order valence-corrected chi connectivity index (χ1v) is 5.76. The van der Waals surface area contributed by atoms with Crippen molar-refractivity contribution in [2.45, 2.75) is 44.6 Å². The van der Waals surface area contributed by atoms with E-state index >= 15 is 0 Å². The first-order chi connectivity index (χ1) is 7.29. The van der Waals surface area contributed by atoms with Gasteiger partial charge in [-0.3, -0.25) is 0 Å². The fourth-order valence-corrected chi connectivity index (χ4v) is 2.52. The van der Waals surface area contributed by atoms with Crippen LogP contribution in [0.15, 0.2) is 11.8 Å². The highest BCUT2D eigenvalue weighted by Crippen LogP contribution is 2.31. The number of methoxy groups -OCH3 is 1. The average molecular weight is 210 g/mol. The zero-order chi connectivity index (χ0) is 10.7. The lowest BCUT2D eigenvalue weighted by atomic mass is 9.85. The lowest BCUT2D eigenvalue weighted by molar-refractivity contribution is -0.140. The van der Waals surface area contributed by atoms with E-state index in [2.05, 4.69) is 0 Å². The van der Waals surface area contributed by atoms with E-state index in [1.54, 1.807) is 7.11 Å². The largest absolute Gasteiger partial charge is 0.497 e. The number of cyclic esters (lactones) is 1. The minimum atomic E-state index is -0.257. The standard InChI is InChI=1S/C12H18O3/c1-14-10-8-12(13)15-11(10)7-9-5-3-2-4-6-9/h8-9,11H,2-7H2,1H3. The maximum atomic E-state index is 11.1. The summed E-state index contributed by atoms with van der Waals surface area (Å²) in [6.07, 6.45) is 8.81. The minimum Gasteiger partial charge on any atom is -0.497 e. The summed E-state index contributed by atoms with van der Waals surface area (Å²) >= 11 is 0. The number of esters is 1. The molecule has 0 aromatic carbocycles. The summed E-state index contributed by atoms with van der Waals surface area (Å²) in [5, 5.41) is 0. The highest BCUT2D eigenvalue weighted by molar-refractivity contribution is 5.85. The second-order valence-corrected chi connectivity index (χ2v) is 4.42. The van der Waals surface area contributed by atoms with Crippen molar-refractivity contribution in [2.24, 2.45) is 5.92 Å². The highest BCUT2D eigenvalue weighted by atomic mass is 16.6. The molecule has 0 aromatic rings. The van der Waals surface area contributed by atoms with Gasteiger partial charge in [0.25, 0.3) is 0 Å². The van der Waals surface area contributed by atoms with E-state index in [9.17, 15) is 4.79 Å². The van der Waals surface area contributed by atoms with Crippen LogP contribution in [0.4, 0.5) is 0 Å².